The summed E-state index contributed by atoms with van der Waals surface area (Å²) in [4.78, 5) is 12.8. The van der Waals surface area contributed by atoms with Gasteiger partial charge in [-0.2, -0.15) is 0 Å². The maximum absolute atomic E-state index is 10.4. The molecule has 3 rings (SSSR count). The van der Waals surface area contributed by atoms with Gasteiger partial charge < -0.3 is 4.90 Å². The molecule has 0 unspecified atom stereocenters. The van der Waals surface area contributed by atoms with Gasteiger partial charge >= 0.3 is 0 Å². The Morgan fingerprint density at radius 1 is 0.905 bits per heavy atom. The third-order valence-electron chi connectivity index (χ3n) is 3.93. The number of carbonyl (C=O) groups excluding carboxylic acids is 1. The first-order chi connectivity index (χ1) is 10.4. The molecule has 0 amide bonds. The molecule has 0 radical (unpaired) electrons. The van der Waals surface area contributed by atoms with E-state index < -0.39 is 0 Å². The Morgan fingerprint density at radius 2 is 1.67 bits per heavy atom. The van der Waals surface area contributed by atoms with E-state index in [1.54, 1.807) is 0 Å². The van der Waals surface area contributed by atoms with Gasteiger partial charge in [-0.3, -0.25) is 4.79 Å². The summed E-state index contributed by atoms with van der Waals surface area (Å²) in [6.45, 7) is 2.34. The van der Waals surface area contributed by atoms with Gasteiger partial charge in [-0.25, -0.2) is 0 Å². The molecule has 2 nitrogen and oxygen atoms in total. The second kappa shape index (κ2) is 6.40. The lowest BCUT2D eigenvalue weighted by molar-refractivity contribution is -0.104. The zero-order chi connectivity index (χ0) is 14.5. The third kappa shape index (κ3) is 3.22. The minimum atomic E-state index is 0.803. The summed E-state index contributed by atoms with van der Waals surface area (Å²) in [5.74, 6) is 0. The molecular weight excluding hydrogens is 258 g/mol. The molecular formula is C19H19NO. The van der Waals surface area contributed by atoms with Crippen molar-refractivity contribution in [3.8, 4) is 11.1 Å². The molecule has 0 bridgehead atoms. The number of nitrogens with zero attached hydrogens (tertiary/aromatic N) is 1. The summed E-state index contributed by atoms with van der Waals surface area (Å²) in [5.41, 5.74) is 4.74. The van der Waals surface area contributed by atoms with Crippen LogP contribution in [0.25, 0.3) is 17.2 Å². The van der Waals surface area contributed by atoms with E-state index in [4.69, 9.17) is 0 Å². The zero-order valence-corrected chi connectivity index (χ0v) is 12.0. The van der Waals surface area contributed by atoms with Gasteiger partial charge in [-0.15, -0.1) is 0 Å². The standard InChI is InChI=1S/C19H19NO/c21-14-4-6-16-5-3-7-18(15-16)17-8-10-19(11-9-17)20-12-1-2-13-20/h3-11,14-15H,1-2,12-13H2/b6-4+. The van der Waals surface area contributed by atoms with Gasteiger partial charge in [0.25, 0.3) is 0 Å². The van der Waals surface area contributed by atoms with Crippen LogP contribution in [0, 0.1) is 0 Å². The summed E-state index contributed by atoms with van der Waals surface area (Å²) >= 11 is 0. The molecule has 2 aromatic carbocycles. The van der Waals surface area contributed by atoms with Crippen LogP contribution >= 0.6 is 0 Å². The highest BCUT2D eigenvalue weighted by Crippen LogP contribution is 2.26. The molecule has 0 N–H and O–H groups in total. The minimum Gasteiger partial charge on any atom is -0.372 e. The van der Waals surface area contributed by atoms with Crippen LogP contribution in [0.1, 0.15) is 18.4 Å². The summed E-state index contributed by atoms with van der Waals surface area (Å²) < 4.78 is 0. The molecule has 0 atom stereocenters. The predicted octanol–water partition coefficient (Wildman–Crippen LogP) is 4.17. The fourth-order valence-electron chi connectivity index (χ4n) is 2.81. The molecule has 0 saturated carbocycles. The van der Waals surface area contributed by atoms with Crippen molar-refractivity contribution >= 4 is 18.0 Å². The van der Waals surface area contributed by atoms with E-state index >= 15 is 0 Å². The van der Waals surface area contributed by atoms with Crippen LogP contribution < -0.4 is 4.90 Å². The Hall–Kier alpha value is -2.35. The van der Waals surface area contributed by atoms with Crippen molar-refractivity contribution < 1.29 is 4.79 Å². The van der Waals surface area contributed by atoms with E-state index in [2.05, 4.69) is 41.3 Å². The quantitative estimate of drug-likeness (QED) is 0.617. The number of aldehydes is 1. The first-order valence-electron chi connectivity index (χ1n) is 7.44. The first kappa shape index (κ1) is 13.6. The van der Waals surface area contributed by atoms with Crippen molar-refractivity contribution in [3.05, 3.63) is 60.2 Å². The monoisotopic (exact) mass is 277 g/mol. The van der Waals surface area contributed by atoms with Crippen LogP contribution in [0.4, 0.5) is 5.69 Å². The molecule has 0 spiro atoms. The summed E-state index contributed by atoms with van der Waals surface area (Å²) in [5, 5.41) is 0. The zero-order valence-electron chi connectivity index (χ0n) is 12.0. The van der Waals surface area contributed by atoms with Crippen molar-refractivity contribution in [1.82, 2.24) is 0 Å². The summed E-state index contributed by atoms with van der Waals surface area (Å²) in [6, 6.07) is 17.0. The van der Waals surface area contributed by atoms with Crippen molar-refractivity contribution in [1.29, 1.82) is 0 Å². The Balaban J connectivity index is 1.83. The molecule has 1 fully saturated rings. The molecule has 21 heavy (non-hydrogen) atoms. The van der Waals surface area contributed by atoms with Crippen LogP contribution in [-0.2, 0) is 4.79 Å². The molecule has 1 aliphatic heterocycles. The molecule has 2 aromatic rings. The normalized spacial score (nSPS) is 14.8. The lowest BCUT2D eigenvalue weighted by atomic mass is 10.0. The first-order valence-corrected chi connectivity index (χ1v) is 7.44. The SMILES string of the molecule is O=C/C=C/c1cccc(-c2ccc(N3CCCC3)cc2)c1. The highest BCUT2D eigenvalue weighted by atomic mass is 16.1. The summed E-state index contributed by atoms with van der Waals surface area (Å²) in [7, 11) is 0. The molecule has 2 heteroatoms. The number of allylic oxidation sites excluding steroid dienone is 1. The van der Waals surface area contributed by atoms with E-state index in [1.165, 1.54) is 48.8 Å². The summed E-state index contributed by atoms with van der Waals surface area (Å²) in [6.07, 6.45) is 6.75. The average Bonchev–Trinajstić information content (AvgIpc) is 3.08. The molecule has 1 heterocycles. The van der Waals surface area contributed by atoms with Crippen LogP contribution in [0.2, 0.25) is 0 Å². The average molecular weight is 277 g/mol. The predicted molar refractivity (Wildman–Crippen MR) is 88.4 cm³/mol. The molecule has 0 aliphatic carbocycles. The van der Waals surface area contributed by atoms with Crippen LogP contribution in [0.3, 0.4) is 0 Å². The highest BCUT2D eigenvalue weighted by Gasteiger charge is 2.11. The topological polar surface area (TPSA) is 20.3 Å². The number of benzene rings is 2. The van der Waals surface area contributed by atoms with Gasteiger partial charge in [-0.05, 0) is 53.8 Å². The van der Waals surface area contributed by atoms with Gasteiger partial charge in [0.1, 0.15) is 6.29 Å². The Labute approximate surface area is 125 Å². The van der Waals surface area contributed by atoms with Crippen LogP contribution in [0.15, 0.2) is 54.6 Å². The van der Waals surface area contributed by atoms with Gasteiger partial charge in [0.2, 0.25) is 0 Å². The minimum absolute atomic E-state index is 0.803. The van der Waals surface area contributed by atoms with E-state index in [1.807, 2.05) is 18.2 Å². The second-order valence-electron chi connectivity index (χ2n) is 5.36. The lowest BCUT2D eigenvalue weighted by Crippen LogP contribution is -2.17. The van der Waals surface area contributed by atoms with Crippen molar-refractivity contribution in [2.75, 3.05) is 18.0 Å². The van der Waals surface area contributed by atoms with Crippen molar-refractivity contribution in [2.24, 2.45) is 0 Å². The Bertz CT molecular complexity index is 637. The van der Waals surface area contributed by atoms with Crippen molar-refractivity contribution in [3.63, 3.8) is 0 Å². The fraction of sp³-hybridized carbons (Fsp3) is 0.211. The number of hydrogen-bond donors (Lipinski definition) is 0. The molecule has 106 valence electrons. The highest BCUT2D eigenvalue weighted by molar-refractivity contribution is 5.76. The number of carbonyl (C=O) groups is 1. The number of anilines is 1. The van der Waals surface area contributed by atoms with Crippen molar-refractivity contribution in [2.45, 2.75) is 12.8 Å². The second-order valence-corrected chi connectivity index (χ2v) is 5.36. The molecule has 1 aliphatic rings. The largest absolute Gasteiger partial charge is 0.372 e. The maximum atomic E-state index is 10.4. The van der Waals surface area contributed by atoms with Crippen LogP contribution in [0.5, 0.6) is 0 Å². The van der Waals surface area contributed by atoms with E-state index in [0.29, 0.717) is 0 Å². The molecule has 1 saturated heterocycles. The maximum Gasteiger partial charge on any atom is 0.142 e. The van der Waals surface area contributed by atoms with E-state index in [-0.39, 0.29) is 0 Å². The third-order valence-corrected chi connectivity index (χ3v) is 3.93. The number of rotatable bonds is 4. The lowest BCUT2D eigenvalue weighted by Gasteiger charge is -2.17. The van der Waals surface area contributed by atoms with E-state index in [9.17, 15) is 4.79 Å². The van der Waals surface area contributed by atoms with Gasteiger partial charge in [-0.1, -0.05) is 36.4 Å². The van der Waals surface area contributed by atoms with E-state index in [0.717, 1.165) is 11.8 Å². The van der Waals surface area contributed by atoms with Gasteiger partial charge in [0.05, 0.1) is 0 Å². The smallest absolute Gasteiger partial charge is 0.142 e. The number of hydrogen-bond acceptors (Lipinski definition) is 2. The van der Waals surface area contributed by atoms with Crippen LogP contribution in [-0.4, -0.2) is 19.4 Å². The Morgan fingerprint density at radius 3 is 2.38 bits per heavy atom. The van der Waals surface area contributed by atoms with Gasteiger partial charge in [0, 0.05) is 18.8 Å². The fourth-order valence-corrected chi connectivity index (χ4v) is 2.81. The molecule has 0 aromatic heterocycles. The Kier molecular flexibility index (Phi) is 4.15. The van der Waals surface area contributed by atoms with Gasteiger partial charge in [0.15, 0.2) is 0 Å².